The van der Waals surface area contributed by atoms with Gasteiger partial charge in [-0.2, -0.15) is 0 Å². The van der Waals surface area contributed by atoms with Crippen LogP contribution in [0.25, 0.3) is 11.6 Å². The highest BCUT2D eigenvalue weighted by molar-refractivity contribution is 6.32. The molecular formula is C16H12ClNO5. The average Bonchev–Trinajstić information content (AvgIpc) is 2.52. The number of aliphatic carboxylic acids is 1. The molecule has 0 aromatic heterocycles. The number of halogens is 1. The summed E-state index contributed by atoms with van der Waals surface area (Å²) >= 11 is 6.02. The zero-order valence-corrected chi connectivity index (χ0v) is 12.8. The first-order chi connectivity index (χ1) is 10.9. The van der Waals surface area contributed by atoms with E-state index in [1.165, 1.54) is 43.5 Å². The molecule has 0 saturated heterocycles. The van der Waals surface area contributed by atoms with E-state index in [-0.39, 0.29) is 11.3 Å². The smallest absolute Gasteiger partial charge is 0.336 e. The van der Waals surface area contributed by atoms with Gasteiger partial charge in [0, 0.05) is 12.1 Å². The quantitative estimate of drug-likeness (QED) is 0.388. The van der Waals surface area contributed by atoms with E-state index in [1.807, 2.05) is 0 Å². The van der Waals surface area contributed by atoms with Crippen LogP contribution in [0, 0.1) is 10.1 Å². The molecule has 0 aliphatic heterocycles. The Balaban J connectivity index is 2.43. The van der Waals surface area contributed by atoms with E-state index in [0.29, 0.717) is 21.9 Å². The largest absolute Gasteiger partial charge is 0.495 e. The number of carbonyl (C=O) groups is 1. The second-order valence-electron chi connectivity index (χ2n) is 4.56. The van der Waals surface area contributed by atoms with Crippen molar-refractivity contribution in [3.05, 3.63) is 68.7 Å². The Morgan fingerprint density at radius 1 is 1.26 bits per heavy atom. The van der Waals surface area contributed by atoms with Gasteiger partial charge >= 0.3 is 5.97 Å². The molecule has 23 heavy (non-hydrogen) atoms. The van der Waals surface area contributed by atoms with Gasteiger partial charge in [0.15, 0.2) is 0 Å². The van der Waals surface area contributed by atoms with Gasteiger partial charge in [0.1, 0.15) is 5.75 Å². The molecule has 0 spiro atoms. The van der Waals surface area contributed by atoms with Crippen molar-refractivity contribution in [2.24, 2.45) is 0 Å². The molecular weight excluding hydrogens is 322 g/mol. The average molecular weight is 334 g/mol. The first kappa shape index (κ1) is 16.5. The SMILES string of the molecule is COc1ccc(/C(=C/c2ccc([N+](=O)[O-])cc2)C(=O)O)cc1Cl. The van der Waals surface area contributed by atoms with Crippen molar-refractivity contribution < 1.29 is 19.6 Å². The lowest BCUT2D eigenvalue weighted by Crippen LogP contribution is -2.00. The molecule has 2 aromatic rings. The summed E-state index contributed by atoms with van der Waals surface area (Å²) in [6.07, 6.45) is 1.42. The van der Waals surface area contributed by atoms with Gasteiger partial charge in [0.05, 0.1) is 22.6 Å². The molecule has 118 valence electrons. The monoisotopic (exact) mass is 333 g/mol. The van der Waals surface area contributed by atoms with E-state index in [4.69, 9.17) is 16.3 Å². The minimum Gasteiger partial charge on any atom is -0.495 e. The number of ether oxygens (including phenoxy) is 1. The van der Waals surface area contributed by atoms with E-state index in [2.05, 4.69) is 0 Å². The Labute approximate surface area is 136 Å². The molecule has 0 radical (unpaired) electrons. The molecule has 0 heterocycles. The Morgan fingerprint density at radius 2 is 1.91 bits per heavy atom. The highest BCUT2D eigenvalue weighted by Gasteiger charge is 2.13. The van der Waals surface area contributed by atoms with E-state index in [1.54, 1.807) is 12.1 Å². The Morgan fingerprint density at radius 3 is 2.39 bits per heavy atom. The van der Waals surface area contributed by atoms with Gasteiger partial charge in [-0.05, 0) is 41.5 Å². The molecule has 0 aliphatic carbocycles. The second kappa shape index (κ2) is 6.93. The number of carboxylic acid groups (broad SMARTS) is 1. The molecule has 1 N–H and O–H groups in total. The van der Waals surface area contributed by atoms with Crippen molar-refractivity contribution in [3.8, 4) is 5.75 Å². The van der Waals surface area contributed by atoms with Gasteiger partial charge in [-0.15, -0.1) is 0 Å². The van der Waals surface area contributed by atoms with E-state index in [9.17, 15) is 20.0 Å². The third-order valence-electron chi connectivity index (χ3n) is 3.11. The summed E-state index contributed by atoms with van der Waals surface area (Å²) < 4.78 is 5.03. The van der Waals surface area contributed by atoms with E-state index >= 15 is 0 Å². The van der Waals surface area contributed by atoms with Crippen LogP contribution in [0.2, 0.25) is 5.02 Å². The van der Waals surface area contributed by atoms with Gasteiger partial charge in [0.25, 0.3) is 5.69 Å². The van der Waals surface area contributed by atoms with Crippen LogP contribution >= 0.6 is 11.6 Å². The predicted octanol–water partition coefficient (Wildman–Crippen LogP) is 3.88. The molecule has 0 atom stereocenters. The molecule has 0 unspecified atom stereocenters. The predicted molar refractivity (Wildman–Crippen MR) is 86.6 cm³/mol. The zero-order valence-electron chi connectivity index (χ0n) is 12.0. The Kier molecular flexibility index (Phi) is 4.98. The van der Waals surface area contributed by atoms with Crippen LogP contribution in [0.4, 0.5) is 5.69 Å². The molecule has 0 amide bonds. The highest BCUT2D eigenvalue weighted by atomic mass is 35.5. The van der Waals surface area contributed by atoms with Crippen LogP contribution in [0.5, 0.6) is 5.75 Å². The summed E-state index contributed by atoms with van der Waals surface area (Å²) in [5, 5.41) is 20.3. The van der Waals surface area contributed by atoms with Crippen LogP contribution in [0.15, 0.2) is 42.5 Å². The van der Waals surface area contributed by atoms with Crippen LogP contribution in [0.1, 0.15) is 11.1 Å². The van der Waals surface area contributed by atoms with Crippen molar-refractivity contribution >= 4 is 34.9 Å². The Hall–Kier alpha value is -2.86. The Bertz CT molecular complexity index is 784. The van der Waals surface area contributed by atoms with Crippen LogP contribution in [-0.2, 0) is 4.79 Å². The number of rotatable bonds is 5. The third-order valence-corrected chi connectivity index (χ3v) is 3.40. The van der Waals surface area contributed by atoms with Gasteiger partial charge in [0.2, 0.25) is 0 Å². The summed E-state index contributed by atoms with van der Waals surface area (Å²) in [5.41, 5.74) is 0.886. The standard InChI is InChI=1S/C16H12ClNO5/c1-23-15-7-4-11(9-14(15)17)13(16(19)20)8-10-2-5-12(6-3-10)18(21)22/h2-9H,1H3,(H,19,20)/b13-8-. The molecule has 2 rings (SSSR count). The lowest BCUT2D eigenvalue weighted by Gasteiger charge is -2.07. The molecule has 7 heteroatoms. The first-order valence-corrected chi connectivity index (χ1v) is 6.83. The minimum absolute atomic E-state index is 0.0170. The number of carboxylic acids is 1. The number of nitro benzene ring substituents is 1. The number of non-ortho nitro benzene ring substituents is 1. The summed E-state index contributed by atoms with van der Waals surface area (Å²) in [5.74, 6) is -0.694. The normalized spacial score (nSPS) is 11.1. The highest BCUT2D eigenvalue weighted by Crippen LogP contribution is 2.29. The van der Waals surface area contributed by atoms with Gasteiger partial charge in [-0.1, -0.05) is 17.7 Å². The molecule has 0 aliphatic rings. The van der Waals surface area contributed by atoms with Crippen molar-refractivity contribution in [3.63, 3.8) is 0 Å². The summed E-state index contributed by atoms with van der Waals surface area (Å²) in [7, 11) is 1.46. The minimum atomic E-state index is -1.13. The molecule has 0 bridgehead atoms. The number of nitrogens with zero attached hydrogens (tertiary/aromatic N) is 1. The van der Waals surface area contributed by atoms with Crippen LogP contribution < -0.4 is 4.74 Å². The van der Waals surface area contributed by atoms with E-state index < -0.39 is 10.9 Å². The van der Waals surface area contributed by atoms with Gasteiger partial charge in [-0.3, -0.25) is 10.1 Å². The topological polar surface area (TPSA) is 89.7 Å². The molecule has 6 nitrogen and oxygen atoms in total. The fraction of sp³-hybridized carbons (Fsp3) is 0.0625. The fourth-order valence-corrected chi connectivity index (χ4v) is 2.22. The molecule has 0 fully saturated rings. The maximum absolute atomic E-state index is 11.5. The summed E-state index contributed by atoms with van der Waals surface area (Å²) in [4.78, 5) is 21.6. The number of methoxy groups -OCH3 is 1. The van der Waals surface area contributed by atoms with Crippen molar-refractivity contribution in [1.29, 1.82) is 0 Å². The molecule has 2 aromatic carbocycles. The number of nitro groups is 1. The maximum atomic E-state index is 11.5. The van der Waals surface area contributed by atoms with Crippen molar-refractivity contribution in [1.82, 2.24) is 0 Å². The van der Waals surface area contributed by atoms with Crippen LogP contribution in [0.3, 0.4) is 0 Å². The first-order valence-electron chi connectivity index (χ1n) is 6.45. The lowest BCUT2D eigenvalue weighted by atomic mass is 10.0. The number of hydrogen-bond acceptors (Lipinski definition) is 4. The maximum Gasteiger partial charge on any atom is 0.336 e. The number of benzene rings is 2. The lowest BCUT2D eigenvalue weighted by molar-refractivity contribution is -0.384. The fourth-order valence-electron chi connectivity index (χ4n) is 1.96. The van der Waals surface area contributed by atoms with Crippen molar-refractivity contribution in [2.75, 3.05) is 7.11 Å². The van der Waals surface area contributed by atoms with Gasteiger partial charge in [-0.25, -0.2) is 4.79 Å². The molecule has 0 saturated carbocycles. The summed E-state index contributed by atoms with van der Waals surface area (Å²) in [6.45, 7) is 0. The van der Waals surface area contributed by atoms with Crippen molar-refractivity contribution in [2.45, 2.75) is 0 Å². The second-order valence-corrected chi connectivity index (χ2v) is 4.97. The summed E-state index contributed by atoms with van der Waals surface area (Å²) in [6, 6.07) is 10.2. The van der Waals surface area contributed by atoms with E-state index in [0.717, 1.165) is 0 Å². The number of hydrogen-bond donors (Lipinski definition) is 1. The third kappa shape index (κ3) is 3.87. The van der Waals surface area contributed by atoms with Crippen LogP contribution in [-0.4, -0.2) is 23.1 Å². The zero-order chi connectivity index (χ0) is 17.0. The van der Waals surface area contributed by atoms with Gasteiger partial charge < -0.3 is 9.84 Å².